The molecule has 0 aliphatic rings. The van der Waals surface area contributed by atoms with Gasteiger partial charge in [-0.1, -0.05) is 6.07 Å². The Morgan fingerprint density at radius 1 is 1.26 bits per heavy atom. The number of aryl methyl sites for hydroxylation is 1. The van der Waals surface area contributed by atoms with Crippen LogP contribution in [0, 0.1) is 18.3 Å². The molecule has 4 nitrogen and oxygen atoms in total. The van der Waals surface area contributed by atoms with E-state index < -0.39 is 5.97 Å². The lowest BCUT2D eigenvalue weighted by atomic mass is 10.1. The molecule has 0 bridgehead atoms. The Hall–Kier alpha value is -2.80. The molecule has 2 aromatic carbocycles. The van der Waals surface area contributed by atoms with Crippen LogP contribution in [0.4, 0.5) is 11.4 Å². The second-order valence-corrected chi connectivity index (χ2v) is 4.15. The van der Waals surface area contributed by atoms with Crippen molar-refractivity contribution in [2.24, 2.45) is 0 Å². The van der Waals surface area contributed by atoms with Crippen LogP contribution in [0.1, 0.15) is 21.5 Å². The molecule has 19 heavy (non-hydrogen) atoms. The number of carboxylic acid groups (broad SMARTS) is 1. The van der Waals surface area contributed by atoms with Crippen molar-refractivity contribution in [3.63, 3.8) is 0 Å². The number of nitriles is 1. The van der Waals surface area contributed by atoms with Gasteiger partial charge in [0.1, 0.15) is 0 Å². The highest BCUT2D eigenvalue weighted by Crippen LogP contribution is 2.22. The number of hydrogen-bond acceptors (Lipinski definition) is 3. The number of carbonyl (C=O) groups is 1. The minimum atomic E-state index is -0.943. The van der Waals surface area contributed by atoms with Gasteiger partial charge in [0.05, 0.1) is 17.2 Å². The van der Waals surface area contributed by atoms with Crippen LogP contribution in [-0.4, -0.2) is 11.1 Å². The summed E-state index contributed by atoms with van der Waals surface area (Å²) < 4.78 is 0. The lowest BCUT2D eigenvalue weighted by Crippen LogP contribution is -1.99. The van der Waals surface area contributed by atoms with Crippen molar-refractivity contribution < 1.29 is 9.90 Å². The lowest BCUT2D eigenvalue weighted by molar-refractivity contribution is 0.0697. The van der Waals surface area contributed by atoms with Crippen molar-refractivity contribution in [3.05, 3.63) is 59.2 Å². The van der Waals surface area contributed by atoms with Gasteiger partial charge < -0.3 is 10.4 Å². The van der Waals surface area contributed by atoms with Crippen LogP contribution in [-0.2, 0) is 0 Å². The number of hydrogen-bond donors (Lipinski definition) is 2. The Morgan fingerprint density at radius 3 is 2.68 bits per heavy atom. The van der Waals surface area contributed by atoms with Crippen LogP contribution >= 0.6 is 0 Å². The zero-order valence-corrected chi connectivity index (χ0v) is 10.3. The summed E-state index contributed by atoms with van der Waals surface area (Å²) in [6.07, 6.45) is 0. The quantitative estimate of drug-likeness (QED) is 0.878. The molecule has 0 aliphatic carbocycles. The van der Waals surface area contributed by atoms with Crippen molar-refractivity contribution in [3.8, 4) is 6.07 Å². The van der Waals surface area contributed by atoms with E-state index in [2.05, 4.69) is 11.4 Å². The molecular weight excluding hydrogens is 240 g/mol. The monoisotopic (exact) mass is 252 g/mol. The fourth-order valence-corrected chi connectivity index (χ4v) is 1.76. The molecule has 0 radical (unpaired) electrons. The van der Waals surface area contributed by atoms with E-state index in [0.29, 0.717) is 5.56 Å². The predicted molar refractivity (Wildman–Crippen MR) is 72.6 cm³/mol. The highest BCUT2D eigenvalue weighted by atomic mass is 16.4. The third-order valence-corrected chi connectivity index (χ3v) is 2.74. The maximum absolute atomic E-state index is 10.8. The predicted octanol–water partition coefficient (Wildman–Crippen LogP) is 3.31. The maximum atomic E-state index is 10.8. The highest BCUT2D eigenvalue weighted by molar-refractivity contribution is 5.88. The minimum absolute atomic E-state index is 0.258. The standard InChI is InChI=1S/C15H12N2O2/c1-10-7-12(15(18)19)5-6-14(10)17-13-4-2-3-11(8-13)9-16/h2-8,17H,1H3,(H,18,19). The summed E-state index contributed by atoms with van der Waals surface area (Å²) in [6.45, 7) is 1.84. The number of benzene rings is 2. The van der Waals surface area contributed by atoms with Crippen molar-refractivity contribution in [2.75, 3.05) is 5.32 Å². The van der Waals surface area contributed by atoms with E-state index in [1.807, 2.05) is 13.0 Å². The zero-order valence-electron chi connectivity index (χ0n) is 10.3. The molecule has 0 fully saturated rings. The number of aromatic carboxylic acids is 1. The Labute approximate surface area is 110 Å². The molecule has 0 saturated heterocycles. The van der Waals surface area contributed by atoms with E-state index in [-0.39, 0.29) is 5.56 Å². The van der Waals surface area contributed by atoms with Gasteiger partial charge in [-0.15, -0.1) is 0 Å². The minimum Gasteiger partial charge on any atom is -0.478 e. The maximum Gasteiger partial charge on any atom is 0.335 e. The number of rotatable bonds is 3. The average molecular weight is 252 g/mol. The SMILES string of the molecule is Cc1cc(C(=O)O)ccc1Nc1cccc(C#N)c1. The topological polar surface area (TPSA) is 73.1 Å². The molecule has 0 amide bonds. The summed E-state index contributed by atoms with van der Waals surface area (Å²) in [5.74, 6) is -0.943. The van der Waals surface area contributed by atoms with Crippen molar-refractivity contribution >= 4 is 17.3 Å². The smallest absolute Gasteiger partial charge is 0.335 e. The second-order valence-electron chi connectivity index (χ2n) is 4.15. The van der Waals surface area contributed by atoms with E-state index in [1.165, 1.54) is 0 Å². The molecule has 2 N–H and O–H groups in total. The van der Waals surface area contributed by atoms with Crippen LogP contribution in [0.2, 0.25) is 0 Å². The van der Waals surface area contributed by atoms with Gasteiger partial charge in [-0.05, 0) is 48.9 Å². The number of anilines is 2. The summed E-state index contributed by atoms with van der Waals surface area (Å²) in [6, 6.07) is 14.1. The highest BCUT2D eigenvalue weighted by Gasteiger charge is 2.06. The van der Waals surface area contributed by atoms with Crippen LogP contribution in [0.15, 0.2) is 42.5 Å². The number of nitrogens with one attached hydrogen (secondary N) is 1. The molecule has 4 heteroatoms. The third-order valence-electron chi connectivity index (χ3n) is 2.74. The van der Waals surface area contributed by atoms with Gasteiger partial charge in [0.15, 0.2) is 0 Å². The van der Waals surface area contributed by atoms with Crippen LogP contribution in [0.5, 0.6) is 0 Å². The number of carboxylic acids is 1. The van der Waals surface area contributed by atoms with Gasteiger partial charge in [0.25, 0.3) is 0 Å². The first kappa shape index (κ1) is 12.7. The van der Waals surface area contributed by atoms with Crippen LogP contribution in [0.25, 0.3) is 0 Å². The fourth-order valence-electron chi connectivity index (χ4n) is 1.76. The van der Waals surface area contributed by atoms with Gasteiger partial charge >= 0.3 is 5.97 Å². The summed E-state index contributed by atoms with van der Waals surface area (Å²) in [7, 11) is 0. The summed E-state index contributed by atoms with van der Waals surface area (Å²) in [5, 5.41) is 20.9. The molecule has 0 heterocycles. The van der Waals surface area contributed by atoms with Gasteiger partial charge in [-0.3, -0.25) is 0 Å². The zero-order chi connectivity index (χ0) is 13.8. The Bertz CT molecular complexity index is 672. The third kappa shape index (κ3) is 2.90. The summed E-state index contributed by atoms with van der Waals surface area (Å²) >= 11 is 0. The van der Waals surface area contributed by atoms with E-state index in [0.717, 1.165) is 16.9 Å². The number of nitrogens with zero attached hydrogens (tertiary/aromatic N) is 1. The Kier molecular flexibility index (Phi) is 3.48. The van der Waals surface area contributed by atoms with Gasteiger partial charge in [-0.2, -0.15) is 5.26 Å². The van der Waals surface area contributed by atoms with E-state index in [4.69, 9.17) is 10.4 Å². The first-order valence-corrected chi connectivity index (χ1v) is 5.71. The largest absolute Gasteiger partial charge is 0.478 e. The Morgan fingerprint density at radius 2 is 2.05 bits per heavy atom. The van der Waals surface area contributed by atoms with E-state index in [1.54, 1.807) is 36.4 Å². The molecule has 2 aromatic rings. The van der Waals surface area contributed by atoms with Gasteiger partial charge in [-0.25, -0.2) is 4.79 Å². The molecule has 0 aromatic heterocycles. The summed E-state index contributed by atoms with van der Waals surface area (Å²) in [4.78, 5) is 10.8. The molecule has 2 rings (SSSR count). The first-order valence-electron chi connectivity index (χ1n) is 5.71. The first-order chi connectivity index (χ1) is 9.10. The van der Waals surface area contributed by atoms with Gasteiger partial charge in [0.2, 0.25) is 0 Å². The molecule has 0 unspecified atom stereocenters. The molecule has 0 aliphatic heterocycles. The summed E-state index contributed by atoms with van der Waals surface area (Å²) in [5.41, 5.74) is 3.28. The van der Waals surface area contributed by atoms with Crippen molar-refractivity contribution in [1.29, 1.82) is 5.26 Å². The average Bonchev–Trinajstić information content (AvgIpc) is 2.41. The van der Waals surface area contributed by atoms with E-state index >= 15 is 0 Å². The van der Waals surface area contributed by atoms with Gasteiger partial charge in [0, 0.05) is 11.4 Å². The van der Waals surface area contributed by atoms with Crippen LogP contribution in [0.3, 0.4) is 0 Å². The molecular formula is C15H12N2O2. The molecule has 94 valence electrons. The second kappa shape index (κ2) is 5.23. The normalized spacial score (nSPS) is 9.68. The lowest BCUT2D eigenvalue weighted by Gasteiger charge is -2.10. The van der Waals surface area contributed by atoms with E-state index in [9.17, 15) is 4.79 Å². The van der Waals surface area contributed by atoms with Crippen molar-refractivity contribution in [1.82, 2.24) is 0 Å². The Balaban J connectivity index is 2.28. The van der Waals surface area contributed by atoms with Crippen molar-refractivity contribution in [2.45, 2.75) is 6.92 Å². The van der Waals surface area contributed by atoms with Crippen LogP contribution < -0.4 is 5.32 Å². The molecule has 0 saturated carbocycles. The molecule has 0 atom stereocenters. The fraction of sp³-hybridized carbons (Fsp3) is 0.0667. The molecule has 0 spiro atoms.